The fraction of sp³-hybridized carbons (Fsp3) is 0.286. The minimum absolute atomic E-state index is 0.0455. The zero-order valence-corrected chi connectivity index (χ0v) is 8.42. The van der Waals surface area contributed by atoms with Gasteiger partial charge in [0.15, 0.2) is 5.82 Å². The third kappa shape index (κ3) is 1.60. The number of amides is 1. The van der Waals surface area contributed by atoms with Crippen molar-refractivity contribution in [2.75, 3.05) is 18.1 Å². The third-order valence-corrected chi connectivity index (χ3v) is 2.16. The Morgan fingerprint density at radius 2 is 2.29 bits per heavy atom. The van der Waals surface area contributed by atoms with Crippen LogP contribution in [-0.4, -0.2) is 29.2 Å². The van der Waals surface area contributed by atoms with Crippen molar-refractivity contribution in [3.05, 3.63) is 16.5 Å². The largest absolute Gasteiger partial charge is 0.447 e. The molecule has 74 valence electrons. The second kappa shape index (κ2) is 3.59. The average molecular weight is 234 g/mol. The molecule has 1 fully saturated rings. The van der Waals surface area contributed by atoms with Crippen molar-refractivity contribution in [2.45, 2.75) is 0 Å². The lowest BCUT2D eigenvalue weighted by atomic mass is 10.5. The van der Waals surface area contributed by atoms with Gasteiger partial charge in [-0.15, -0.1) is 0 Å². The Bertz CT molecular complexity index is 385. The van der Waals surface area contributed by atoms with Crippen LogP contribution in [-0.2, 0) is 4.74 Å². The van der Waals surface area contributed by atoms with Gasteiger partial charge in [-0.1, -0.05) is 11.6 Å². The van der Waals surface area contributed by atoms with Crippen LogP contribution in [0.15, 0.2) is 6.20 Å². The molecule has 2 heterocycles. The Morgan fingerprint density at radius 1 is 1.50 bits per heavy atom. The minimum Gasteiger partial charge on any atom is -0.447 e. The number of carbonyl (C=O) groups excluding carboxylic acids is 1. The first kappa shape index (κ1) is 9.48. The van der Waals surface area contributed by atoms with Gasteiger partial charge in [-0.25, -0.2) is 9.78 Å². The van der Waals surface area contributed by atoms with Crippen LogP contribution in [0, 0.1) is 0 Å². The second-order valence-corrected chi connectivity index (χ2v) is 3.32. The normalized spacial score (nSPS) is 15.9. The standard InChI is InChI=1S/C7H5Cl2N3O2/c8-4-3-10-6(9)11-5(4)12-1-2-14-7(12)13/h3H,1-2H2. The lowest BCUT2D eigenvalue weighted by Gasteiger charge is -2.12. The van der Waals surface area contributed by atoms with E-state index >= 15 is 0 Å². The van der Waals surface area contributed by atoms with E-state index in [-0.39, 0.29) is 16.1 Å². The summed E-state index contributed by atoms with van der Waals surface area (Å²) >= 11 is 11.4. The summed E-state index contributed by atoms with van der Waals surface area (Å²) in [6, 6.07) is 0. The molecule has 0 unspecified atom stereocenters. The maximum atomic E-state index is 11.2. The van der Waals surface area contributed by atoms with E-state index in [0.29, 0.717) is 13.2 Å². The van der Waals surface area contributed by atoms with Gasteiger partial charge in [0.05, 0.1) is 12.7 Å². The number of ether oxygens (including phenoxy) is 1. The van der Waals surface area contributed by atoms with Crippen LogP contribution in [0.5, 0.6) is 0 Å². The van der Waals surface area contributed by atoms with Crippen LogP contribution < -0.4 is 4.90 Å². The molecule has 1 aliphatic rings. The summed E-state index contributed by atoms with van der Waals surface area (Å²) in [5, 5.41) is 0.317. The summed E-state index contributed by atoms with van der Waals surface area (Å²) in [4.78, 5) is 20.0. The van der Waals surface area contributed by atoms with E-state index in [2.05, 4.69) is 9.97 Å². The lowest BCUT2D eigenvalue weighted by Crippen LogP contribution is -2.24. The second-order valence-electron chi connectivity index (χ2n) is 2.58. The predicted molar refractivity (Wildman–Crippen MR) is 50.7 cm³/mol. The number of aromatic nitrogens is 2. The summed E-state index contributed by atoms with van der Waals surface area (Å²) in [5.74, 6) is 0.286. The molecule has 2 rings (SSSR count). The van der Waals surface area contributed by atoms with Crippen molar-refractivity contribution >= 4 is 35.1 Å². The van der Waals surface area contributed by atoms with E-state index in [0.717, 1.165) is 0 Å². The highest BCUT2D eigenvalue weighted by Crippen LogP contribution is 2.25. The van der Waals surface area contributed by atoms with Crippen LogP contribution >= 0.6 is 23.2 Å². The van der Waals surface area contributed by atoms with E-state index in [4.69, 9.17) is 27.9 Å². The molecule has 0 spiro atoms. The first-order chi connectivity index (χ1) is 6.68. The molecule has 0 atom stereocenters. The number of rotatable bonds is 1. The Hall–Kier alpha value is -1.07. The van der Waals surface area contributed by atoms with Gasteiger partial charge in [-0.3, -0.25) is 4.90 Å². The van der Waals surface area contributed by atoms with Crippen molar-refractivity contribution < 1.29 is 9.53 Å². The lowest BCUT2D eigenvalue weighted by molar-refractivity contribution is 0.181. The number of nitrogens with zero attached hydrogens (tertiary/aromatic N) is 3. The van der Waals surface area contributed by atoms with Gasteiger partial charge in [-0.05, 0) is 11.6 Å². The first-order valence-electron chi connectivity index (χ1n) is 3.81. The summed E-state index contributed by atoms with van der Waals surface area (Å²) in [6.07, 6.45) is 0.874. The topological polar surface area (TPSA) is 55.3 Å². The number of hydrogen-bond donors (Lipinski definition) is 0. The maximum Gasteiger partial charge on any atom is 0.415 e. The van der Waals surface area contributed by atoms with Crippen molar-refractivity contribution in [1.29, 1.82) is 0 Å². The highest BCUT2D eigenvalue weighted by Gasteiger charge is 2.27. The molecular formula is C7H5Cl2N3O2. The number of halogens is 2. The predicted octanol–water partition coefficient (Wildman–Crippen LogP) is 1.74. The SMILES string of the molecule is O=C1OCCN1c1nc(Cl)ncc1Cl. The molecular weight excluding hydrogens is 229 g/mol. The van der Waals surface area contributed by atoms with Crippen LogP contribution in [0.25, 0.3) is 0 Å². The van der Waals surface area contributed by atoms with Crippen LogP contribution in [0.2, 0.25) is 10.3 Å². The van der Waals surface area contributed by atoms with Gasteiger partial charge in [0.2, 0.25) is 5.28 Å². The zero-order valence-electron chi connectivity index (χ0n) is 6.91. The van der Waals surface area contributed by atoms with Crippen LogP contribution in [0.3, 0.4) is 0 Å². The van der Waals surface area contributed by atoms with Gasteiger partial charge < -0.3 is 4.74 Å². The fourth-order valence-electron chi connectivity index (χ4n) is 1.11. The Balaban J connectivity index is 2.39. The van der Waals surface area contributed by atoms with Crippen molar-refractivity contribution in [1.82, 2.24) is 9.97 Å². The summed E-state index contributed by atoms with van der Waals surface area (Å²) < 4.78 is 4.74. The van der Waals surface area contributed by atoms with Gasteiger partial charge >= 0.3 is 6.09 Å². The molecule has 0 aromatic carbocycles. The highest BCUT2D eigenvalue weighted by molar-refractivity contribution is 6.34. The van der Waals surface area contributed by atoms with E-state index in [1.165, 1.54) is 11.1 Å². The smallest absolute Gasteiger partial charge is 0.415 e. The molecule has 1 saturated heterocycles. The Morgan fingerprint density at radius 3 is 2.93 bits per heavy atom. The fourth-order valence-corrected chi connectivity index (χ4v) is 1.43. The molecule has 7 heteroatoms. The summed E-state index contributed by atoms with van der Waals surface area (Å²) in [6.45, 7) is 0.753. The number of carbonyl (C=O) groups is 1. The molecule has 0 N–H and O–H groups in total. The molecule has 0 radical (unpaired) electrons. The van der Waals surface area contributed by atoms with E-state index < -0.39 is 6.09 Å². The molecule has 14 heavy (non-hydrogen) atoms. The van der Waals surface area contributed by atoms with Crippen LogP contribution in [0.1, 0.15) is 0 Å². The summed E-state index contributed by atoms with van der Waals surface area (Å²) in [5.41, 5.74) is 0. The number of cyclic esters (lactones) is 1. The van der Waals surface area contributed by atoms with Gasteiger partial charge in [0.25, 0.3) is 0 Å². The molecule has 1 aromatic rings. The molecule has 5 nitrogen and oxygen atoms in total. The number of hydrogen-bond acceptors (Lipinski definition) is 4. The molecule has 0 saturated carbocycles. The van der Waals surface area contributed by atoms with Crippen molar-refractivity contribution in [2.24, 2.45) is 0 Å². The van der Waals surface area contributed by atoms with E-state index in [9.17, 15) is 4.79 Å². The summed E-state index contributed by atoms with van der Waals surface area (Å²) in [7, 11) is 0. The minimum atomic E-state index is -0.471. The van der Waals surface area contributed by atoms with Gasteiger partial charge in [0.1, 0.15) is 11.6 Å². The van der Waals surface area contributed by atoms with Gasteiger partial charge in [0, 0.05) is 0 Å². The average Bonchev–Trinajstić information content (AvgIpc) is 2.56. The first-order valence-corrected chi connectivity index (χ1v) is 4.56. The number of anilines is 1. The quantitative estimate of drug-likeness (QED) is 0.694. The molecule has 0 bridgehead atoms. The van der Waals surface area contributed by atoms with Crippen molar-refractivity contribution in [3.8, 4) is 0 Å². The maximum absolute atomic E-state index is 11.2. The van der Waals surface area contributed by atoms with E-state index in [1.54, 1.807) is 0 Å². The zero-order chi connectivity index (χ0) is 10.1. The van der Waals surface area contributed by atoms with Crippen molar-refractivity contribution in [3.63, 3.8) is 0 Å². The molecule has 1 aromatic heterocycles. The van der Waals surface area contributed by atoms with Gasteiger partial charge in [-0.2, -0.15) is 4.98 Å². The van der Waals surface area contributed by atoms with Crippen LogP contribution in [0.4, 0.5) is 10.6 Å². The Kier molecular flexibility index (Phi) is 2.43. The highest BCUT2D eigenvalue weighted by atomic mass is 35.5. The Labute approximate surface area is 89.6 Å². The molecule has 1 amide bonds. The molecule has 0 aliphatic carbocycles. The molecule has 1 aliphatic heterocycles. The van der Waals surface area contributed by atoms with E-state index in [1.807, 2.05) is 0 Å². The third-order valence-electron chi connectivity index (χ3n) is 1.71. The monoisotopic (exact) mass is 233 g/mol.